The Morgan fingerprint density at radius 3 is 2.88 bits per heavy atom. The van der Waals surface area contributed by atoms with Crippen LogP contribution in [0.25, 0.3) is 0 Å². The minimum absolute atomic E-state index is 0.325. The molecule has 0 fully saturated rings. The van der Waals surface area contributed by atoms with E-state index in [1.165, 1.54) is 6.20 Å². The summed E-state index contributed by atoms with van der Waals surface area (Å²) in [7, 11) is 0. The van der Waals surface area contributed by atoms with Gasteiger partial charge in [0, 0.05) is 18.3 Å². The Kier molecular flexibility index (Phi) is 1.44. The van der Waals surface area contributed by atoms with Crippen LogP contribution >= 0.6 is 11.6 Å². The van der Waals surface area contributed by atoms with E-state index in [1.807, 2.05) is 0 Å². The molecular formula is C5H2ClFN. The molecule has 1 aromatic rings. The Morgan fingerprint density at radius 1 is 1.75 bits per heavy atom. The molecule has 0 amide bonds. The lowest BCUT2D eigenvalue weighted by molar-refractivity contribution is 0.583. The van der Waals surface area contributed by atoms with Gasteiger partial charge in [0.2, 0.25) is 5.95 Å². The Balaban J connectivity index is 3.03. The van der Waals surface area contributed by atoms with Gasteiger partial charge in [0.15, 0.2) is 0 Å². The summed E-state index contributed by atoms with van der Waals surface area (Å²) >= 11 is 5.33. The second-order valence-corrected chi connectivity index (χ2v) is 1.62. The van der Waals surface area contributed by atoms with Crippen LogP contribution in [0, 0.1) is 12.0 Å². The van der Waals surface area contributed by atoms with Gasteiger partial charge in [-0.3, -0.25) is 0 Å². The molecule has 1 aromatic heterocycles. The first-order chi connectivity index (χ1) is 3.79. The van der Waals surface area contributed by atoms with Crippen molar-refractivity contribution < 1.29 is 4.39 Å². The fourth-order valence-corrected chi connectivity index (χ4v) is 0.425. The van der Waals surface area contributed by atoms with Crippen LogP contribution in [-0.4, -0.2) is 4.98 Å². The van der Waals surface area contributed by atoms with Crippen molar-refractivity contribution in [2.45, 2.75) is 0 Å². The summed E-state index contributed by atoms with van der Waals surface area (Å²) in [6.07, 6.45) is 1.21. The van der Waals surface area contributed by atoms with Crippen molar-refractivity contribution in [2.75, 3.05) is 0 Å². The zero-order chi connectivity index (χ0) is 5.98. The van der Waals surface area contributed by atoms with Crippen LogP contribution in [0.4, 0.5) is 4.39 Å². The maximum atomic E-state index is 11.9. The highest BCUT2D eigenvalue weighted by Crippen LogP contribution is 2.02. The highest BCUT2D eigenvalue weighted by molar-refractivity contribution is 6.30. The molecule has 0 aliphatic heterocycles. The van der Waals surface area contributed by atoms with Gasteiger partial charge in [-0.25, -0.2) is 4.98 Å². The van der Waals surface area contributed by atoms with Gasteiger partial charge >= 0.3 is 0 Å². The summed E-state index contributed by atoms with van der Waals surface area (Å²) in [4.78, 5) is 3.25. The minimum atomic E-state index is -0.561. The number of halogens is 2. The first-order valence-corrected chi connectivity index (χ1v) is 2.35. The molecule has 0 atom stereocenters. The molecule has 0 aliphatic carbocycles. The first-order valence-electron chi connectivity index (χ1n) is 1.98. The van der Waals surface area contributed by atoms with E-state index in [1.54, 1.807) is 0 Å². The SMILES string of the molecule is Fc1c[c]c(Cl)cn1. The van der Waals surface area contributed by atoms with Crippen LogP contribution in [0.1, 0.15) is 0 Å². The standard InChI is InChI=1S/C5H2ClFN/c6-4-1-2-5(7)8-3-4/h2-3H. The van der Waals surface area contributed by atoms with Gasteiger partial charge in [0.25, 0.3) is 0 Å². The molecule has 0 N–H and O–H groups in total. The second kappa shape index (κ2) is 2.09. The molecule has 0 spiro atoms. The van der Waals surface area contributed by atoms with Crippen molar-refractivity contribution >= 4 is 11.6 Å². The topological polar surface area (TPSA) is 12.9 Å². The third-order valence-electron chi connectivity index (χ3n) is 0.630. The molecule has 1 radical (unpaired) electrons. The molecule has 8 heavy (non-hydrogen) atoms. The molecule has 3 heteroatoms. The number of pyridine rings is 1. The van der Waals surface area contributed by atoms with E-state index in [2.05, 4.69) is 11.1 Å². The maximum absolute atomic E-state index is 11.9. The van der Waals surface area contributed by atoms with Gasteiger partial charge in [-0.05, 0) is 0 Å². The van der Waals surface area contributed by atoms with Crippen molar-refractivity contribution in [1.82, 2.24) is 4.98 Å². The summed E-state index contributed by atoms with van der Waals surface area (Å²) in [5.41, 5.74) is 0. The maximum Gasteiger partial charge on any atom is 0.213 e. The summed E-state index contributed by atoms with van der Waals surface area (Å²) in [6, 6.07) is 3.51. The van der Waals surface area contributed by atoms with Gasteiger partial charge in [-0.1, -0.05) is 11.6 Å². The molecule has 0 saturated heterocycles. The lowest BCUT2D eigenvalue weighted by atomic mass is 10.5. The fraction of sp³-hybridized carbons (Fsp3) is 0. The van der Waals surface area contributed by atoms with Crippen LogP contribution < -0.4 is 0 Å². The van der Waals surface area contributed by atoms with Crippen molar-refractivity contribution in [1.29, 1.82) is 0 Å². The number of nitrogens with zero attached hydrogens (tertiary/aromatic N) is 1. The van der Waals surface area contributed by atoms with E-state index in [4.69, 9.17) is 11.6 Å². The average molecular weight is 131 g/mol. The van der Waals surface area contributed by atoms with Gasteiger partial charge in [0.1, 0.15) is 0 Å². The Hall–Kier alpha value is -0.630. The first kappa shape index (κ1) is 5.51. The van der Waals surface area contributed by atoms with Crippen LogP contribution in [0.15, 0.2) is 12.3 Å². The highest BCUT2D eigenvalue weighted by atomic mass is 35.5. The van der Waals surface area contributed by atoms with E-state index in [0.29, 0.717) is 5.02 Å². The molecule has 1 rings (SSSR count). The zero-order valence-corrected chi connectivity index (χ0v) is 4.61. The van der Waals surface area contributed by atoms with Crippen LogP contribution in [0.2, 0.25) is 5.02 Å². The van der Waals surface area contributed by atoms with Crippen molar-refractivity contribution in [3.8, 4) is 0 Å². The second-order valence-electron chi connectivity index (χ2n) is 1.22. The average Bonchev–Trinajstić information content (AvgIpc) is 1.77. The smallest absolute Gasteiger partial charge is 0.213 e. The molecule has 0 aliphatic rings. The third kappa shape index (κ3) is 1.17. The molecular weight excluding hydrogens is 129 g/mol. The monoisotopic (exact) mass is 130 g/mol. The number of aromatic nitrogens is 1. The predicted molar refractivity (Wildman–Crippen MR) is 28.0 cm³/mol. The van der Waals surface area contributed by atoms with Crippen LogP contribution in [-0.2, 0) is 0 Å². The quantitative estimate of drug-likeness (QED) is 0.487. The molecule has 0 bridgehead atoms. The molecule has 0 aromatic carbocycles. The zero-order valence-electron chi connectivity index (χ0n) is 3.86. The summed E-state index contributed by atoms with van der Waals surface area (Å²) < 4.78 is 11.9. The normalized spacial score (nSPS) is 9.25. The number of hydrogen-bond donors (Lipinski definition) is 0. The predicted octanol–water partition coefficient (Wildman–Crippen LogP) is 1.67. The lowest BCUT2D eigenvalue weighted by Crippen LogP contribution is -1.77. The Labute approximate surface area is 51.1 Å². The van der Waals surface area contributed by atoms with Crippen molar-refractivity contribution in [2.24, 2.45) is 0 Å². The van der Waals surface area contributed by atoms with Gasteiger partial charge < -0.3 is 0 Å². The highest BCUT2D eigenvalue weighted by Gasteiger charge is 1.87. The minimum Gasteiger partial charge on any atom is -0.227 e. The van der Waals surface area contributed by atoms with E-state index < -0.39 is 5.95 Å². The largest absolute Gasteiger partial charge is 0.227 e. The van der Waals surface area contributed by atoms with Crippen LogP contribution in [0.5, 0.6) is 0 Å². The Morgan fingerprint density at radius 2 is 2.50 bits per heavy atom. The lowest BCUT2D eigenvalue weighted by Gasteiger charge is -1.83. The van der Waals surface area contributed by atoms with Crippen molar-refractivity contribution in [3.63, 3.8) is 0 Å². The van der Waals surface area contributed by atoms with E-state index in [0.717, 1.165) is 6.07 Å². The summed E-state index contributed by atoms with van der Waals surface area (Å²) in [6.45, 7) is 0. The van der Waals surface area contributed by atoms with E-state index in [9.17, 15) is 4.39 Å². The molecule has 1 heterocycles. The molecule has 0 unspecified atom stereocenters. The fourth-order valence-electron chi connectivity index (χ4n) is 0.321. The number of rotatable bonds is 0. The van der Waals surface area contributed by atoms with E-state index in [-0.39, 0.29) is 0 Å². The molecule has 41 valence electrons. The molecule has 0 saturated carbocycles. The summed E-state index contributed by atoms with van der Waals surface area (Å²) in [5.74, 6) is -0.561. The number of hydrogen-bond acceptors (Lipinski definition) is 1. The molecule has 1 nitrogen and oxygen atoms in total. The van der Waals surface area contributed by atoms with E-state index >= 15 is 0 Å². The van der Waals surface area contributed by atoms with Gasteiger partial charge in [0.05, 0.1) is 5.02 Å². The Bertz CT molecular complexity index is 151. The van der Waals surface area contributed by atoms with Gasteiger partial charge in [-0.2, -0.15) is 4.39 Å². The summed E-state index contributed by atoms with van der Waals surface area (Å²) in [5, 5.41) is 0.325. The third-order valence-corrected chi connectivity index (χ3v) is 0.837. The van der Waals surface area contributed by atoms with Crippen molar-refractivity contribution in [3.05, 3.63) is 29.3 Å². The van der Waals surface area contributed by atoms with Gasteiger partial charge in [-0.15, -0.1) is 0 Å². The van der Waals surface area contributed by atoms with Crippen LogP contribution in [0.3, 0.4) is 0 Å².